The molecule has 0 unspecified atom stereocenters. The van der Waals surface area contributed by atoms with Gasteiger partial charge in [0.1, 0.15) is 0 Å². The molecule has 0 aromatic heterocycles. The largest absolute Gasteiger partial charge is 0.469 e. The Balaban J connectivity index is 2.28. The van der Waals surface area contributed by atoms with Crippen molar-refractivity contribution in [2.45, 2.75) is 26.2 Å². The van der Waals surface area contributed by atoms with Gasteiger partial charge in [-0.25, -0.2) is 0 Å². The highest BCUT2D eigenvalue weighted by atomic mass is 16.5. The van der Waals surface area contributed by atoms with E-state index in [0.29, 0.717) is 17.5 Å². The van der Waals surface area contributed by atoms with E-state index in [4.69, 9.17) is 0 Å². The third kappa shape index (κ3) is 3.58. The number of ether oxygens (including phenoxy) is 1. The highest BCUT2D eigenvalue weighted by molar-refractivity contribution is 6.11. The van der Waals surface area contributed by atoms with Gasteiger partial charge in [-0.15, -0.1) is 0 Å². The Bertz CT molecular complexity index is 731. The number of esters is 1. The molecule has 0 saturated carbocycles. The van der Waals surface area contributed by atoms with Crippen LogP contribution in [-0.4, -0.2) is 24.6 Å². The molecule has 0 radical (unpaired) electrons. The summed E-state index contributed by atoms with van der Waals surface area (Å²) in [6, 6.07) is 11.1. The van der Waals surface area contributed by atoms with Crippen LogP contribution in [0.5, 0.6) is 0 Å². The zero-order valence-corrected chi connectivity index (χ0v) is 12.7. The first-order valence-electron chi connectivity index (χ1n) is 7.16. The molecule has 114 valence electrons. The van der Waals surface area contributed by atoms with Crippen molar-refractivity contribution in [1.29, 1.82) is 0 Å². The average molecular weight is 298 g/mol. The standard InChI is InChI=1S/C18H18O4/c1-12(19)15-10-13-6-3-4-7-14(13)11-16(15)17(20)8-5-9-18(21)22-2/h3-4,6-7,10-11H,5,8-9H2,1-2H3. The van der Waals surface area contributed by atoms with Gasteiger partial charge in [-0.2, -0.15) is 0 Å². The highest BCUT2D eigenvalue weighted by Gasteiger charge is 2.16. The second-order valence-corrected chi connectivity index (χ2v) is 5.15. The van der Waals surface area contributed by atoms with Crippen LogP contribution in [0.1, 0.15) is 46.9 Å². The van der Waals surface area contributed by atoms with Crippen molar-refractivity contribution >= 4 is 28.3 Å². The first-order chi connectivity index (χ1) is 10.5. The Labute approximate surface area is 129 Å². The summed E-state index contributed by atoms with van der Waals surface area (Å²) in [7, 11) is 1.32. The summed E-state index contributed by atoms with van der Waals surface area (Å²) in [6.45, 7) is 1.45. The molecule has 0 heterocycles. The predicted molar refractivity (Wildman–Crippen MR) is 84.2 cm³/mol. The second kappa shape index (κ2) is 6.98. The lowest BCUT2D eigenvalue weighted by atomic mass is 9.94. The number of fused-ring (bicyclic) bond motifs is 1. The van der Waals surface area contributed by atoms with E-state index in [1.54, 1.807) is 12.1 Å². The average Bonchev–Trinajstić information content (AvgIpc) is 2.53. The topological polar surface area (TPSA) is 60.4 Å². The van der Waals surface area contributed by atoms with Crippen LogP contribution in [0.4, 0.5) is 0 Å². The third-order valence-electron chi connectivity index (χ3n) is 3.58. The van der Waals surface area contributed by atoms with Crippen LogP contribution in [0, 0.1) is 0 Å². The van der Waals surface area contributed by atoms with Crippen molar-refractivity contribution in [2.75, 3.05) is 7.11 Å². The minimum atomic E-state index is -0.335. The second-order valence-electron chi connectivity index (χ2n) is 5.15. The molecule has 0 N–H and O–H groups in total. The number of hydrogen-bond donors (Lipinski definition) is 0. The maximum Gasteiger partial charge on any atom is 0.305 e. The van der Waals surface area contributed by atoms with Crippen molar-refractivity contribution in [2.24, 2.45) is 0 Å². The molecular weight excluding hydrogens is 280 g/mol. The normalized spacial score (nSPS) is 10.5. The van der Waals surface area contributed by atoms with Gasteiger partial charge in [0, 0.05) is 24.0 Å². The molecule has 0 spiro atoms. The highest BCUT2D eigenvalue weighted by Crippen LogP contribution is 2.22. The maximum atomic E-state index is 12.4. The molecule has 4 nitrogen and oxygen atoms in total. The zero-order valence-electron chi connectivity index (χ0n) is 12.7. The predicted octanol–water partition coefficient (Wildman–Crippen LogP) is 3.57. The number of ketones is 2. The van der Waals surface area contributed by atoms with Crippen LogP contribution >= 0.6 is 0 Å². The lowest BCUT2D eigenvalue weighted by Crippen LogP contribution is -2.08. The SMILES string of the molecule is COC(=O)CCCC(=O)c1cc2ccccc2cc1C(C)=O. The van der Waals surface area contributed by atoms with Gasteiger partial charge in [-0.1, -0.05) is 24.3 Å². The van der Waals surface area contributed by atoms with Crippen LogP contribution in [0.15, 0.2) is 36.4 Å². The third-order valence-corrected chi connectivity index (χ3v) is 3.58. The molecule has 0 bridgehead atoms. The van der Waals surface area contributed by atoms with E-state index in [9.17, 15) is 14.4 Å². The summed E-state index contributed by atoms with van der Waals surface area (Å²) in [5.74, 6) is -0.597. The van der Waals surface area contributed by atoms with Crippen LogP contribution in [0.3, 0.4) is 0 Å². The minimum Gasteiger partial charge on any atom is -0.469 e. The molecule has 2 rings (SSSR count). The van der Waals surface area contributed by atoms with E-state index < -0.39 is 0 Å². The van der Waals surface area contributed by atoms with Gasteiger partial charge < -0.3 is 4.74 Å². The molecule has 0 saturated heterocycles. The number of hydrogen-bond acceptors (Lipinski definition) is 4. The summed E-state index contributed by atoms with van der Waals surface area (Å²) in [4.78, 5) is 35.3. The summed E-state index contributed by atoms with van der Waals surface area (Å²) >= 11 is 0. The molecule has 2 aromatic rings. The molecule has 0 aliphatic heterocycles. The van der Waals surface area contributed by atoms with Gasteiger partial charge in [0.2, 0.25) is 0 Å². The Morgan fingerprint density at radius 2 is 1.55 bits per heavy atom. The van der Waals surface area contributed by atoms with E-state index in [1.165, 1.54) is 14.0 Å². The Kier molecular flexibility index (Phi) is 5.04. The first-order valence-corrected chi connectivity index (χ1v) is 7.16. The lowest BCUT2D eigenvalue weighted by Gasteiger charge is -2.09. The van der Waals surface area contributed by atoms with Crippen LogP contribution < -0.4 is 0 Å². The summed E-state index contributed by atoms with van der Waals surface area (Å²) in [5.41, 5.74) is 0.859. The van der Waals surface area contributed by atoms with Gasteiger partial charge in [0.25, 0.3) is 0 Å². The molecule has 4 heteroatoms. The fourth-order valence-corrected chi connectivity index (χ4v) is 2.39. The van der Waals surface area contributed by atoms with E-state index >= 15 is 0 Å². The molecular formula is C18H18O4. The van der Waals surface area contributed by atoms with Crippen molar-refractivity contribution in [1.82, 2.24) is 0 Å². The number of carbonyl (C=O) groups excluding carboxylic acids is 3. The van der Waals surface area contributed by atoms with Gasteiger partial charge in [0.05, 0.1) is 7.11 Å². The first kappa shape index (κ1) is 15.9. The Hall–Kier alpha value is -2.49. The molecule has 0 aliphatic rings. The van der Waals surface area contributed by atoms with Crippen LogP contribution in [0.2, 0.25) is 0 Å². The Morgan fingerprint density at radius 3 is 2.09 bits per heavy atom. The maximum absolute atomic E-state index is 12.4. The number of rotatable bonds is 6. The summed E-state index contributed by atoms with van der Waals surface area (Å²) in [6.07, 6.45) is 0.828. The molecule has 0 aliphatic carbocycles. The fraction of sp³-hybridized carbons (Fsp3) is 0.278. The van der Waals surface area contributed by atoms with E-state index in [1.807, 2.05) is 24.3 Å². The lowest BCUT2D eigenvalue weighted by molar-refractivity contribution is -0.140. The van der Waals surface area contributed by atoms with E-state index in [0.717, 1.165) is 10.8 Å². The van der Waals surface area contributed by atoms with Crippen molar-refractivity contribution < 1.29 is 19.1 Å². The number of Topliss-reactive ketones (excluding diaryl/α,β-unsaturated/α-hetero) is 2. The number of carbonyl (C=O) groups is 3. The molecule has 0 amide bonds. The van der Waals surface area contributed by atoms with E-state index in [2.05, 4.69) is 4.74 Å². The molecule has 0 fully saturated rings. The number of benzene rings is 2. The molecule has 2 aromatic carbocycles. The van der Waals surface area contributed by atoms with Crippen LogP contribution in [0.25, 0.3) is 10.8 Å². The van der Waals surface area contributed by atoms with Gasteiger partial charge >= 0.3 is 5.97 Å². The van der Waals surface area contributed by atoms with Gasteiger partial charge in [-0.05, 0) is 36.2 Å². The van der Waals surface area contributed by atoms with Crippen molar-refractivity contribution in [3.05, 3.63) is 47.5 Å². The zero-order chi connectivity index (χ0) is 16.1. The molecule has 22 heavy (non-hydrogen) atoms. The van der Waals surface area contributed by atoms with Gasteiger partial charge in [0.15, 0.2) is 11.6 Å². The molecule has 0 atom stereocenters. The summed E-state index contributed by atoms with van der Waals surface area (Å²) < 4.78 is 4.55. The minimum absolute atomic E-state index is 0.125. The van der Waals surface area contributed by atoms with Gasteiger partial charge in [-0.3, -0.25) is 14.4 Å². The fourth-order valence-electron chi connectivity index (χ4n) is 2.39. The smallest absolute Gasteiger partial charge is 0.305 e. The monoisotopic (exact) mass is 298 g/mol. The van der Waals surface area contributed by atoms with Crippen LogP contribution in [-0.2, 0) is 9.53 Å². The van der Waals surface area contributed by atoms with Crippen molar-refractivity contribution in [3.8, 4) is 0 Å². The quantitative estimate of drug-likeness (QED) is 0.604. The number of methoxy groups -OCH3 is 1. The van der Waals surface area contributed by atoms with Crippen molar-refractivity contribution in [3.63, 3.8) is 0 Å². The van der Waals surface area contributed by atoms with E-state index in [-0.39, 0.29) is 30.4 Å². The summed E-state index contributed by atoms with van der Waals surface area (Å²) in [5, 5.41) is 1.85. The Morgan fingerprint density at radius 1 is 0.955 bits per heavy atom.